The van der Waals surface area contributed by atoms with Crippen molar-refractivity contribution in [1.82, 2.24) is 4.90 Å². The van der Waals surface area contributed by atoms with Crippen LogP contribution in [0, 0.1) is 0 Å². The summed E-state index contributed by atoms with van der Waals surface area (Å²) >= 11 is 14.6. The molecule has 0 saturated carbocycles. The van der Waals surface area contributed by atoms with Gasteiger partial charge in [0.2, 0.25) is 0 Å². The van der Waals surface area contributed by atoms with Gasteiger partial charge in [0.05, 0.1) is 5.88 Å². The van der Waals surface area contributed by atoms with E-state index in [4.69, 9.17) is 27.9 Å². The van der Waals surface area contributed by atoms with E-state index in [1.54, 1.807) is 7.11 Å². The van der Waals surface area contributed by atoms with Gasteiger partial charge in [0, 0.05) is 19.5 Å². The van der Waals surface area contributed by atoms with E-state index in [9.17, 15) is 0 Å². The quantitative estimate of drug-likeness (QED) is 0.428. The molecule has 0 aromatic carbocycles. The minimum Gasteiger partial charge on any atom is -0.352 e. The number of methoxy groups -OCH3 is 1. The molecule has 0 aliphatic heterocycles. The van der Waals surface area contributed by atoms with Crippen LogP contribution in [0.5, 0.6) is 0 Å². The Balaban J connectivity index is 4.00. The molecule has 0 N–H and O–H groups in total. The number of nitrogens with zero attached hydrogens (tertiary/aromatic N) is 1. The number of rotatable bonds is 5. The molecule has 68 valence electrons. The molecule has 0 aromatic heterocycles. The van der Waals surface area contributed by atoms with Gasteiger partial charge in [-0.2, -0.15) is 0 Å². The first kappa shape index (κ1) is 12.0. The van der Waals surface area contributed by atoms with E-state index >= 15 is 0 Å². The van der Waals surface area contributed by atoms with Crippen molar-refractivity contribution in [3.63, 3.8) is 0 Å². The zero-order valence-electron chi connectivity index (χ0n) is 6.61. The first-order valence-corrected chi connectivity index (χ1v) is 5.04. The fourth-order valence-electron chi connectivity index (χ4n) is 0.606. The Morgan fingerprint density at radius 3 is 2.36 bits per heavy atom. The highest BCUT2D eigenvalue weighted by Crippen LogP contribution is 2.24. The van der Waals surface area contributed by atoms with Crippen LogP contribution in [0.2, 0.25) is 0 Å². The average molecular weight is 265 g/mol. The van der Waals surface area contributed by atoms with Crippen LogP contribution in [0.15, 0.2) is 0 Å². The van der Waals surface area contributed by atoms with Gasteiger partial charge in [-0.25, -0.2) is 0 Å². The first-order chi connectivity index (χ1) is 5.10. The zero-order chi connectivity index (χ0) is 8.91. The highest BCUT2D eigenvalue weighted by molar-refractivity contribution is 9.10. The Bertz CT molecular complexity index is 111. The molecule has 0 saturated heterocycles. The molecule has 0 rings (SSSR count). The summed E-state index contributed by atoms with van der Waals surface area (Å²) in [7, 11) is 3.49. The molecule has 0 aliphatic carbocycles. The molecule has 0 aliphatic rings. The number of halogens is 3. The standard InChI is InChI=1S/C6H12BrCl2NO/c1-10(4-3-8)6(7,5-9)11-2/h3-5H2,1-2H3. The molecule has 5 heteroatoms. The van der Waals surface area contributed by atoms with Gasteiger partial charge in [-0.05, 0) is 23.0 Å². The number of hydrogen-bond acceptors (Lipinski definition) is 2. The topological polar surface area (TPSA) is 12.5 Å². The second-order valence-electron chi connectivity index (χ2n) is 2.14. The smallest absolute Gasteiger partial charge is 0.191 e. The predicted octanol–water partition coefficient (Wildman–Crippen LogP) is 2.09. The summed E-state index contributed by atoms with van der Waals surface area (Å²) in [4.78, 5) is 1.91. The first-order valence-electron chi connectivity index (χ1n) is 3.18. The minimum atomic E-state index is -0.580. The molecule has 0 fully saturated rings. The van der Waals surface area contributed by atoms with E-state index < -0.39 is 4.63 Å². The summed E-state index contributed by atoms with van der Waals surface area (Å²) in [6, 6.07) is 0. The molecule has 11 heavy (non-hydrogen) atoms. The van der Waals surface area contributed by atoms with Gasteiger partial charge < -0.3 is 4.74 Å². The SMILES string of the molecule is COC(Br)(CCl)N(C)CCCl. The van der Waals surface area contributed by atoms with Crippen molar-refractivity contribution < 1.29 is 4.74 Å². The molecule has 0 radical (unpaired) electrons. The van der Waals surface area contributed by atoms with Gasteiger partial charge in [-0.3, -0.25) is 4.90 Å². The van der Waals surface area contributed by atoms with Crippen molar-refractivity contribution >= 4 is 39.1 Å². The van der Waals surface area contributed by atoms with Crippen LogP contribution in [0.4, 0.5) is 0 Å². The lowest BCUT2D eigenvalue weighted by Gasteiger charge is -2.33. The highest BCUT2D eigenvalue weighted by atomic mass is 79.9. The van der Waals surface area contributed by atoms with Crippen molar-refractivity contribution in [2.75, 3.05) is 32.5 Å². The average Bonchev–Trinajstić information content (AvgIpc) is 2.03. The maximum atomic E-state index is 5.68. The summed E-state index contributed by atoms with van der Waals surface area (Å²) < 4.78 is 4.57. The molecule has 0 bridgehead atoms. The summed E-state index contributed by atoms with van der Waals surface area (Å²) in [5.74, 6) is 0.918. The molecular weight excluding hydrogens is 253 g/mol. The van der Waals surface area contributed by atoms with E-state index in [1.165, 1.54) is 0 Å². The maximum absolute atomic E-state index is 5.68. The van der Waals surface area contributed by atoms with E-state index in [2.05, 4.69) is 15.9 Å². The van der Waals surface area contributed by atoms with Crippen LogP contribution in [0.1, 0.15) is 0 Å². The van der Waals surface area contributed by atoms with Crippen LogP contribution in [-0.4, -0.2) is 42.0 Å². The van der Waals surface area contributed by atoms with Gasteiger partial charge in [0.25, 0.3) is 0 Å². The third-order valence-corrected chi connectivity index (χ3v) is 3.53. The van der Waals surface area contributed by atoms with Crippen LogP contribution < -0.4 is 0 Å². The van der Waals surface area contributed by atoms with Crippen molar-refractivity contribution in [3.05, 3.63) is 0 Å². The minimum absolute atomic E-state index is 0.358. The second-order valence-corrected chi connectivity index (χ2v) is 4.02. The van der Waals surface area contributed by atoms with Gasteiger partial charge in [-0.15, -0.1) is 23.2 Å². The Morgan fingerprint density at radius 2 is 2.09 bits per heavy atom. The van der Waals surface area contributed by atoms with E-state index in [0.29, 0.717) is 11.8 Å². The van der Waals surface area contributed by atoms with Crippen LogP contribution in [-0.2, 0) is 4.74 Å². The van der Waals surface area contributed by atoms with Crippen LogP contribution in [0.25, 0.3) is 0 Å². The van der Waals surface area contributed by atoms with Crippen molar-refractivity contribution in [2.45, 2.75) is 4.63 Å². The van der Waals surface area contributed by atoms with Gasteiger partial charge in [-0.1, -0.05) is 0 Å². The van der Waals surface area contributed by atoms with Gasteiger partial charge >= 0.3 is 0 Å². The molecule has 1 unspecified atom stereocenters. The van der Waals surface area contributed by atoms with Crippen molar-refractivity contribution in [3.8, 4) is 0 Å². The highest BCUT2D eigenvalue weighted by Gasteiger charge is 2.29. The van der Waals surface area contributed by atoms with E-state index in [1.807, 2.05) is 11.9 Å². The molecule has 0 heterocycles. The Labute approximate surface area is 85.9 Å². The fraction of sp³-hybridized carbons (Fsp3) is 1.00. The second kappa shape index (κ2) is 5.60. The number of ether oxygens (including phenoxy) is 1. The summed E-state index contributed by atoms with van der Waals surface area (Å²) in [5, 5.41) is 0. The van der Waals surface area contributed by atoms with Gasteiger partial charge in [0.15, 0.2) is 4.63 Å². The molecular formula is C6H12BrCl2NO. The van der Waals surface area contributed by atoms with Crippen LogP contribution >= 0.6 is 39.1 Å². The maximum Gasteiger partial charge on any atom is 0.191 e. The Morgan fingerprint density at radius 1 is 1.55 bits per heavy atom. The van der Waals surface area contributed by atoms with Crippen LogP contribution in [0.3, 0.4) is 0 Å². The Kier molecular flexibility index (Phi) is 6.09. The normalized spacial score (nSPS) is 16.9. The summed E-state index contributed by atoms with van der Waals surface area (Å²) in [6.07, 6.45) is 0. The molecule has 1 atom stereocenters. The summed E-state index contributed by atoms with van der Waals surface area (Å²) in [6.45, 7) is 0.730. The van der Waals surface area contributed by atoms with Crippen molar-refractivity contribution in [1.29, 1.82) is 0 Å². The molecule has 0 spiro atoms. The molecule has 0 aromatic rings. The van der Waals surface area contributed by atoms with E-state index in [0.717, 1.165) is 6.54 Å². The lowest BCUT2D eigenvalue weighted by Crippen LogP contribution is -2.45. The lowest BCUT2D eigenvalue weighted by atomic mass is 10.5. The van der Waals surface area contributed by atoms with Gasteiger partial charge in [0.1, 0.15) is 0 Å². The fourth-order valence-corrected chi connectivity index (χ4v) is 1.35. The number of hydrogen-bond donors (Lipinski definition) is 0. The predicted molar refractivity (Wildman–Crippen MR) is 52.7 cm³/mol. The van der Waals surface area contributed by atoms with Crippen molar-refractivity contribution in [2.24, 2.45) is 0 Å². The number of alkyl halides is 3. The third-order valence-electron chi connectivity index (χ3n) is 1.47. The lowest BCUT2D eigenvalue weighted by molar-refractivity contribution is -0.0223. The largest absolute Gasteiger partial charge is 0.352 e. The Hall–Kier alpha value is 0.980. The third kappa shape index (κ3) is 3.47. The molecule has 2 nitrogen and oxygen atoms in total. The zero-order valence-corrected chi connectivity index (χ0v) is 9.71. The van der Waals surface area contributed by atoms with E-state index in [-0.39, 0.29) is 0 Å². The summed E-state index contributed by atoms with van der Waals surface area (Å²) in [5.41, 5.74) is 0. The molecule has 0 amide bonds. The monoisotopic (exact) mass is 263 g/mol.